The van der Waals surface area contributed by atoms with Crippen LogP contribution in [0.2, 0.25) is 0 Å². The van der Waals surface area contributed by atoms with E-state index in [9.17, 15) is 13.2 Å². The van der Waals surface area contributed by atoms with Crippen molar-refractivity contribution in [2.75, 3.05) is 5.32 Å². The maximum absolute atomic E-state index is 12.7. The van der Waals surface area contributed by atoms with Crippen LogP contribution in [0.4, 0.5) is 19.1 Å². The first-order valence-electron chi connectivity index (χ1n) is 7.00. The Hall–Kier alpha value is -2.68. The Morgan fingerprint density at radius 2 is 1.92 bits per heavy atom. The lowest BCUT2D eigenvalue weighted by atomic mass is 10.0. The lowest BCUT2D eigenvalue weighted by Crippen LogP contribution is -2.20. The third-order valence-electron chi connectivity index (χ3n) is 3.69. The molecular formula is C15H10F3N5S. The molecule has 1 N–H and O–H groups in total. The van der Waals surface area contributed by atoms with Gasteiger partial charge >= 0.3 is 6.18 Å². The fourth-order valence-electron chi connectivity index (χ4n) is 2.54. The number of tetrazole rings is 1. The van der Waals surface area contributed by atoms with Crippen LogP contribution in [0.1, 0.15) is 22.0 Å². The summed E-state index contributed by atoms with van der Waals surface area (Å²) in [4.78, 5) is 1.00. The summed E-state index contributed by atoms with van der Waals surface area (Å²) in [6, 6.07) is 8.54. The normalized spacial score (nSPS) is 17.1. The molecule has 1 unspecified atom stereocenters. The number of hydrogen-bond donors (Lipinski definition) is 1. The smallest absolute Gasteiger partial charge is 0.322 e. The van der Waals surface area contributed by atoms with Crippen LogP contribution in [-0.4, -0.2) is 20.2 Å². The molecule has 24 heavy (non-hydrogen) atoms. The minimum Gasteiger partial charge on any atom is -0.322 e. The first kappa shape index (κ1) is 14.9. The molecule has 3 aromatic rings. The third kappa shape index (κ3) is 2.56. The van der Waals surface area contributed by atoms with E-state index in [1.165, 1.54) is 12.1 Å². The fourth-order valence-corrected chi connectivity index (χ4v) is 3.24. The zero-order valence-corrected chi connectivity index (χ0v) is 12.8. The van der Waals surface area contributed by atoms with Gasteiger partial charge in [-0.25, -0.2) is 0 Å². The Morgan fingerprint density at radius 1 is 1.12 bits per heavy atom. The second-order valence-electron chi connectivity index (χ2n) is 5.19. The Bertz CT molecular complexity index is 881. The van der Waals surface area contributed by atoms with Crippen LogP contribution in [0.25, 0.3) is 5.70 Å². The van der Waals surface area contributed by atoms with Gasteiger partial charge in [0.25, 0.3) is 0 Å². The van der Waals surface area contributed by atoms with Crippen molar-refractivity contribution in [1.29, 1.82) is 0 Å². The zero-order chi connectivity index (χ0) is 16.7. The Labute approximate surface area is 138 Å². The number of anilines is 1. The van der Waals surface area contributed by atoms with E-state index in [-0.39, 0.29) is 6.04 Å². The van der Waals surface area contributed by atoms with Crippen molar-refractivity contribution in [2.24, 2.45) is 0 Å². The molecule has 0 spiro atoms. The zero-order valence-electron chi connectivity index (χ0n) is 12.0. The molecule has 0 saturated carbocycles. The molecule has 9 heteroatoms. The number of allylic oxidation sites excluding steroid dienone is 1. The molecule has 0 amide bonds. The molecule has 1 aliphatic rings. The van der Waals surface area contributed by atoms with Crippen LogP contribution in [0.3, 0.4) is 0 Å². The van der Waals surface area contributed by atoms with E-state index in [2.05, 4.69) is 20.8 Å². The third-order valence-corrected chi connectivity index (χ3v) is 4.60. The summed E-state index contributed by atoms with van der Waals surface area (Å²) in [5.41, 5.74) is 0.823. The van der Waals surface area contributed by atoms with Crippen LogP contribution in [-0.2, 0) is 6.18 Å². The molecule has 0 aliphatic carbocycles. The first-order chi connectivity index (χ1) is 11.5. The highest BCUT2D eigenvalue weighted by Crippen LogP contribution is 2.35. The summed E-state index contributed by atoms with van der Waals surface area (Å²) in [6.07, 6.45) is -2.46. The molecule has 5 nitrogen and oxygen atoms in total. The molecule has 0 radical (unpaired) electrons. The quantitative estimate of drug-likeness (QED) is 0.764. The number of nitrogens with one attached hydrogen (secondary N) is 1. The standard InChI is InChI=1S/C15H10F3N5S/c16-15(17,18)10-5-3-9(4-6-10)12-8-11(13-2-1-7-24-13)19-14-20-21-22-23(12)14/h1-8,12H,(H,19,20,22). The molecule has 1 aliphatic heterocycles. The molecule has 122 valence electrons. The summed E-state index contributed by atoms with van der Waals surface area (Å²) in [7, 11) is 0. The van der Waals surface area contributed by atoms with E-state index in [0.717, 1.165) is 22.7 Å². The van der Waals surface area contributed by atoms with E-state index in [1.54, 1.807) is 16.0 Å². The number of thiophene rings is 1. The Kier molecular flexibility index (Phi) is 3.38. The molecule has 0 saturated heterocycles. The topological polar surface area (TPSA) is 55.6 Å². The average Bonchev–Trinajstić information content (AvgIpc) is 3.24. The number of aromatic nitrogens is 4. The van der Waals surface area contributed by atoms with Crippen molar-refractivity contribution in [3.8, 4) is 0 Å². The molecular weight excluding hydrogens is 339 g/mol. The monoisotopic (exact) mass is 349 g/mol. The highest BCUT2D eigenvalue weighted by atomic mass is 32.1. The summed E-state index contributed by atoms with van der Waals surface area (Å²) < 4.78 is 39.8. The minimum atomic E-state index is -4.36. The number of fused-ring (bicyclic) bond motifs is 1. The maximum atomic E-state index is 12.7. The Morgan fingerprint density at radius 3 is 2.58 bits per heavy atom. The number of rotatable bonds is 2. The number of nitrogens with zero attached hydrogens (tertiary/aromatic N) is 4. The molecule has 0 fully saturated rings. The number of hydrogen-bond acceptors (Lipinski definition) is 5. The molecule has 0 bridgehead atoms. The van der Waals surface area contributed by atoms with Crippen molar-refractivity contribution in [1.82, 2.24) is 20.2 Å². The number of benzene rings is 1. The van der Waals surface area contributed by atoms with Gasteiger partial charge in [-0.15, -0.1) is 11.3 Å². The highest BCUT2D eigenvalue weighted by Gasteiger charge is 2.31. The van der Waals surface area contributed by atoms with Gasteiger partial charge in [0.15, 0.2) is 0 Å². The second kappa shape index (κ2) is 5.45. The molecule has 4 rings (SSSR count). The van der Waals surface area contributed by atoms with Crippen LogP contribution in [0.5, 0.6) is 0 Å². The van der Waals surface area contributed by atoms with Crippen LogP contribution >= 0.6 is 11.3 Å². The second-order valence-corrected chi connectivity index (χ2v) is 6.14. The van der Waals surface area contributed by atoms with Gasteiger partial charge in [0, 0.05) is 0 Å². The van der Waals surface area contributed by atoms with Crippen molar-refractivity contribution in [3.63, 3.8) is 0 Å². The van der Waals surface area contributed by atoms with Gasteiger partial charge in [-0.1, -0.05) is 23.3 Å². The van der Waals surface area contributed by atoms with E-state index >= 15 is 0 Å². The van der Waals surface area contributed by atoms with Gasteiger partial charge in [-0.3, -0.25) is 0 Å². The maximum Gasteiger partial charge on any atom is 0.416 e. The van der Waals surface area contributed by atoms with E-state index in [1.807, 2.05) is 23.6 Å². The van der Waals surface area contributed by atoms with Gasteiger partial charge < -0.3 is 5.32 Å². The van der Waals surface area contributed by atoms with Gasteiger partial charge in [0.2, 0.25) is 5.95 Å². The molecule has 1 atom stereocenters. The van der Waals surface area contributed by atoms with Crippen molar-refractivity contribution in [2.45, 2.75) is 12.2 Å². The SMILES string of the molecule is FC(F)(F)c1ccc(C2C=C(c3cccs3)Nc3nnnn32)cc1. The fraction of sp³-hybridized carbons (Fsp3) is 0.133. The van der Waals surface area contributed by atoms with Crippen molar-refractivity contribution < 1.29 is 13.2 Å². The van der Waals surface area contributed by atoms with Gasteiger partial charge in [-0.05, 0) is 45.6 Å². The van der Waals surface area contributed by atoms with Gasteiger partial charge in [0.1, 0.15) is 6.04 Å². The Balaban J connectivity index is 1.76. The lowest BCUT2D eigenvalue weighted by Gasteiger charge is -2.23. The van der Waals surface area contributed by atoms with E-state index in [0.29, 0.717) is 11.5 Å². The molecule has 2 aromatic heterocycles. The summed E-state index contributed by atoms with van der Waals surface area (Å²) in [5.74, 6) is 0.450. The number of alkyl halides is 3. The van der Waals surface area contributed by atoms with Crippen LogP contribution in [0, 0.1) is 0 Å². The first-order valence-corrected chi connectivity index (χ1v) is 7.88. The summed E-state index contributed by atoms with van der Waals surface area (Å²) in [5, 5.41) is 16.6. The largest absolute Gasteiger partial charge is 0.416 e. The predicted octanol–water partition coefficient (Wildman–Crippen LogP) is 3.81. The predicted molar refractivity (Wildman–Crippen MR) is 83.3 cm³/mol. The van der Waals surface area contributed by atoms with E-state index in [4.69, 9.17) is 0 Å². The van der Waals surface area contributed by atoms with Crippen molar-refractivity contribution in [3.05, 3.63) is 63.9 Å². The molecule has 3 heterocycles. The van der Waals surface area contributed by atoms with Gasteiger partial charge in [0.05, 0.1) is 16.1 Å². The average molecular weight is 349 g/mol. The highest BCUT2D eigenvalue weighted by molar-refractivity contribution is 7.11. The van der Waals surface area contributed by atoms with E-state index < -0.39 is 11.7 Å². The molecule has 1 aromatic carbocycles. The lowest BCUT2D eigenvalue weighted by molar-refractivity contribution is -0.137. The number of halogens is 3. The minimum absolute atomic E-state index is 0.379. The van der Waals surface area contributed by atoms with Crippen molar-refractivity contribution >= 4 is 23.0 Å². The van der Waals surface area contributed by atoms with Crippen LogP contribution in [0.15, 0.2) is 47.9 Å². The summed E-state index contributed by atoms with van der Waals surface area (Å²) >= 11 is 1.55. The summed E-state index contributed by atoms with van der Waals surface area (Å²) in [6.45, 7) is 0. The van der Waals surface area contributed by atoms with Crippen LogP contribution < -0.4 is 5.32 Å². The van der Waals surface area contributed by atoms with Gasteiger partial charge in [-0.2, -0.15) is 17.9 Å².